The van der Waals surface area contributed by atoms with E-state index in [1.807, 2.05) is 0 Å². The lowest BCUT2D eigenvalue weighted by molar-refractivity contribution is -0.135. The largest absolute Gasteiger partial charge is 0.369 e. The number of primary amides is 1. The highest BCUT2D eigenvalue weighted by molar-refractivity contribution is 5.78. The maximum absolute atomic E-state index is 13.1. The van der Waals surface area contributed by atoms with Crippen molar-refractivity contribution in [1.82, 2.24) is 19.1 Å². The number of hydrogen-bond acceptors (Lipinski definition) is 4. The second-order valence-electron chi connectivity index (χ2n) is 7.47. The van der Waals surface area contributed by atoms with Gasteiger partial charge in [0.2, 0.25) is 11.8 Å². The lowest BCUT2D eigenvalue weighted by Gasteiger charge is -2.30. The van der Waals surface area contributed by atoms with Gasteiger partial charge in [0.05, 0.1) is 5.69 Å². The maximum Gasteiger partial charge on any atom is 0.276 e. The molecule has 2 N–H and O–H groups in total. The summed E-state index contributed by atoms with van der Waals surface area (Å²) in [4.78, 5) is 38.3. The summed E-state index contributed by atoms with van der Waals surface area (Å²) in [7, 11) is 0. The molecule has 0 aliphatic carbocycles. The molecule has 2 aromatic heterocycles. The van der Waals surface area contributed by atoms with Gasteiger partial charge in [-0.25, -0.2) is 8.91 Å². The first-order chi connectivity index (χ1) is 14.4. The summed E-state index contributed by atoms with van der Waals surface area (Å²) in [6.45, 7) is 1.26. The van der Waals surface area contributed by atoms with Gasteiger partial charge in [-0.3, -0.25) is 14.4 Å². The Balaban J connectivity index is 1.45. The smallest absolute Gasteiger partial charge is 0.276 e. The predicted molar refractivity (Wildman–Crippen MR) is 108 cm³/mol. The van der Waals surface area contributed by atoms with Crippen LogP contribution in [0.2, 0.25) is 0 Å². The molecule has 0 atom stereocenters. The molecule has 1 aliphatic heterocycles. The third kappa shape index (κ3) is 3.96. The van der Waals surface area contributed by atoms with Crippen molar-refractivity contribution < 1.29 is 14.0 Å². The molecule has 1 aliphatic rings. The minimum absolute atomic E-state index is 0.0507. The second-order valence-corrected chi connectivity index (χ2v) is 7.47. The molecule has 0 saturated carbocycles. The fourth-order valence-corrected chi connectivity index (χ4v) is 3.75. The highest BCUT2D eigenvalue weighted by Gasteiger charge is 2.25. The van der Waals surface area contributed by atoms with Gasteiger partial charge in [-0.1, -0.05) is 0 Å². The summed E-state index contributed by atoms with van der Waals surface area (Å²) in [5, 5.41) is 4.37. The van der Waals surface area contributed by atoms with Gasteiger partial charge >= 0.3 is 0 Å². The van der Waals surface area contributed by atoms with Crippen LogP contribution < -0.4 is 11.3 Å². The van der Waals surface area contributed by atoms with Crippen LogP contribution in [0.4, 0.5) is 4.39 Å². The van der Waals surface area contributed by atoms with E-state index in [1.54, 1.807) is 35.5 Å². The molecular formula is C21H22FN5O3. The van der Waals surface area contributed by atoms with Crippen LogP contribution in [-0.2, 0) is 16.1 Å². The average molecular weight is 411 g/mol. The zero-order valence-electron chi connectivity index (χ0n) is 16.3. The predicted octanol–water partition coefficient (Wildman–Crippen LogP) is 1.42. The van der Waals surface area contributed by atoms with Gasteiger partial charge in [0.25, 0.3) is 5.56 Å². The standard InChI is InChI=1S/C21H22FN5O3/c22-16-3-1-14(2-4-16)17-13-18-21(30)26(11-12-27(18)24-17)10-7-19(28)25-8-5-15(6-9-25)20(23)29/h1-4,11-13,15H,5-10H2,(H2,23,29). The first-order valence-electron chi connectivity index (χ1n) is 9.84. The number of piperidine rings is 1. The molecule has 3 aromatic rings. The van der Waals surface area contributed by atoms with Gasteiger partial charge in [-0.15, -0.1) is 0 Å². The molecule has 0 unspecified atom stereocenters. The summed E-state index contributed by atoms with van der Waals surface area (Å²) in [5.41, 5.74) is 6.73. The molecule has 3 heterocycles. The Bertz CT molecular complexity index is 1140. The average Bonchev–Trinajstić information content (AvgIpc) is 3.19. The van der Waals surface area contributed by atoms with Crippen LogP contribution in [0.5, 0.6) is 0 Å². The SMILES string of the molecule is NC(=O)C1CCN(C(=O)CCn2ccn3nc(-c4ccc(F)cc4)cc3c2=O)CC1. The Morgan fingerprint density at radius 3 is 2.50 bits per heavy atom. The van der Waals surface area contributed by atoms with E-state index < -0.39 is 0 Å². The van der Waals surface area contributed by atoms with Gasteiger partial charge < -0.3 is 15.2 Å². The van der Waals surface area contributed by atoms with Gasteiger partial charge in [0.1, 0.15) is 11.3 Å². The zero-order chi connectivity index (χ0) is 21.3. The van der Waals surface area contributed by atoms with E-state index in [4.69, 9.17) is 5.73 Å². The summed E-state index contributed by atoms with van der Waals surface area (Å²) in [6.07, 6.45) is 4.61. The lowest BCUT2D eigenvalue weighted by Crippen LogP contribution is -2.42. The Morgan fingerprint density at radius 1 is 1.13 bits per heavy atom. The third-order valence-electron chi connectivity index (χ3n) is 5.56. The monoisotopic (exact) mass is 411 g/mol. The van der Waals surface area contributed by atoms with Crippen molar-refractivity contribution in [3.8, 4) is 11.3 Å². The molecule has 0 bridgehead atoms. The number of rotatable bonds is 5. The van der Waals surface area contributed by atoms with Gasteiger partial charge in [-0.2, -0.15) is 5.10 Å². The number of hydrogen-bond donors (Lipinski definition) is 1. The minimum atomic E-state index is -0.339. The molecule has 0 spiro atoms. The Labute approximate surface area is 171 Å². The number of nitrogens with zero attached hydrogens (tertiary/aromatic N) is 4. The van der Waals surface area contributed by atoms with Crippen LogP contribution in [0.1, 0.15) is 19.3 Å². The number of halogens is 1. The first kappa shape index (κ1) is 19.8. The zero-order valence-corrected chi connectivity index (χ0v) is 16.3. The summed E-state index contributed by atoms with van der Waals surface area (Å²) >= 11 is 0. The van der Waals surface area contributed by atoms with Crippen LogP contribution in [-0.4, -0.2) is 44.0 Å². The van der Waals surface area contributed by atoms with E-state index in [0.717, 1.165) is 0 Å². The van der Waals surface area contributed by atoms with Crippen LogP contribution in [0.15, 0.2) is 47.5 Å². The summed E-state index contributed by atoms with van der Waals surface area (Å²) < 4.78 is 16.1. The quantitative estimate of drug-likeness (QED) is 0.686. The van der Waals surface area contributed by atoms with Crippen molar-refractivity contribution in [3.63, 3.8) is 0 Å². The van der Waals surface area contributed by atoms with E-state index >= 15 is 0 Å². The summed E-state index contributed by atoms with van der Waals surface area (Å²) in [6, 6.07) is 7.55. The van der Waals surface area contributed by atoms with E-state index in [2.05, 4.69) is 5.10 Å². The number of nitrogens with two attached hydrogens (primary N) is 1. The van der Waals surface area contributed by atoms with E-state index in [-0.39, 0.29) is 42.1 Å². The molecule has 1 saturated heterocycles. The highest BCUT2D eigenvalue weighted by atomic mass is 19.1. The van der Waals surface area contributed by atoms with Crippen molar-refractivity contribution in [2.24, 2.45) is 11.7 Å². The molecule has 0 radical (unpaired) electrons. The second kappa shape index (κ2) is 8.10. The van der Waals surface area contributed by atoms with Crippen molar-refractivity contribution in [1.29, 1.82) is 0 Å². The fraction of sp³-hybridized carbons (Fsp3) is 0.333. The van der Waals surface area contributed by atoms with Crippen LogP contribution in [0.25, 0.3) is 16.8 Å². The maximum atomic E-state index is 13.1. The van der Waals surface area contributed by atoms with Crippen molar-refractivity contribution in [3.05, 3.63) is 58.9 Å². The molecule has 2 amide bonds. The van der Waals surface area contributed by atoms with E-state index in [1.165, 1.54) is 21.2 Å². The molecular weight excluding hydrogens is 389 g/mol. The number of amides is 2. The number of carbonyl (C=O) groups is 2. The molecule has 30 heavy (non-hydrogen) atoms. The Morgan fingerprint density at radius 2 is 1.83 bits per heavy atom. The van der Waals surface area contributed by atoms with Crippen LogP contribution >= 0.6 is 0 Å². The van der Waals surface area contributed by atoms with Crippen molar-refractivity contribution >= 4 is 17.3 Å². The Hall–Kier alpha value is -3.49. The molecule has 1 fully saturated rings. The third-order valence-corrected chi connectivity index (χ3v) is 5.56. The molecule has 4 rings (SSSR count). The lowest BCUT2D eigenvalue weighted by atomic mass is 9.96. The van der Waals surface area contributed by atoms with Gasteiger partial charge in [0.15, 0.2) is 0 Å². The van der Waals surface area contributed by atoms with Gasteiger partial charge in [-0.05, 0) is 43.2 Å². The number of aromatic nitrogens is 3. The first-order valence-corrected chi connectivity index (χ1v) is 9.84. The molecule has 156 valence electrons. The number of carbonyl (C=O) groups excluding carboxylic acids is 2. The topological polar surface area (TPSA) is 103 Å². The van der Waals surface area contributed by atoms with Gasteiger partial charge in [0, 0.05) is 49.9 Å². The number of likely N-dealkylation sites (tertiary alicyclic amines) is 1. The number of fused-ring (bicyclic) bond motifs is 1. The van der Waals surface area contributed by atoms with E-state index in [9.17, 15) is 18.8 Å². The molecule has 9 heteroatoms. The van der Waals surface area contributed by atoms with Crippen LogP contribution in [0, 0.1) is 11.7 Å². The molecule has 1 aromatic carbocycles. The fourth-order valence-electron chi connectivity index (χ4n) is 3.75. The molecule has 8 nitrogen and oxygen atoms in total. The van der Waals surface area contributed by atoms with Crippen LogP contribution in [0.3, 0.4) is 0 Å². The normalized spacial score (nSPS) is 14.9. The Kier molecular flexibility index (Phi) is 5.35. The summed E-state index contributed by atoms with van der Waals surface area (Å²) in [5.74, 6) is -0.877. The number of aryl methyl sites for hydroxylation is 1. The van der Waals surface area contributed by atoms with Crippen molar-refractivity contribution in [2.75, 3.05) is 13.1 Å². The highest BCUT2D eigenvalue weighted by Crippen LogP contribution is 2.19. The minimum Gasteiger partial charge on any atom is -0.369 e. The number of benzene rings is 1. The van der Waals surface area contributed by atoms with E-state index in [0.29, 0.717) is 42.7 Å². The van der Waals surface area contributed by atoms with Crippen molar-refractivity contribution in [2.45, 2.75) is 25.8 Å².